The first-order valence-electron chi connectivity index (χ1n) is 6.14. The van der Waals surface area contributed by atoms with Crippen molar-refractivity contribution in [1.29, 1.82) is 0 Å². The molecular weight excluding hydrogens is 265 g/mol. The second kappa shape index (κ2) is 6.36. The van der Waals surface area contributed by atoms with E-state index in [1.807, 2.05) is 0 Å². The van der Waals surface area contributed by atoms with E-state index >= 15 is 0 Å². The lowest BCUT2D eigenvalue weighted by atomic mass is 9.99. The maximum Gasteiger partial charge on any atom is 0.407 e. The number of carbonyl (C=O) groups excluding carboxylic acids is 1. The van der Waals surface area contributed by atoms with Crippen LogP contribution in [0.15, 0.2) is 24.3 Å². The number of aliphatic carboxylic acids is 1. The molecule has 0 spiro atoms. The molecule has 110 valence electrons. The van der Waals surface area contributed by atoms with Crippen molar-refractivity contribution in [2.24, 2.45) is 0 Å². The Morgan fingerprint density at radius 1 is 1.40 bits per heavy atom. The van der Waals surface area contributed by atoms with E-state index in [0.29, 0.717) is 0 Å². The summed E-state index contributed by atoms with van der Waals surface area (Å²) in [5.74, 6) is -2.70. The number of carbonyl (C=O) groups is 2. The van der Waals surface area contributed by atoms with Gasteiger partial charge in [0.15, 0.2) is 0 Å². The number of alkyl carbamates (subject to hydrolysis) is 1. The fourth-order valence-electron chi connectivity index (χ4n) is 1.57. The van der Waals surface area contributed by atoms with E-state index in [2.05, 4.69) is 5.32 Å². The molecule has 0 aliphatic carbocycles. The number of hydrogen-bond donors (Lipinski definition) is 2. The highest BCUT2D eigenvalue weighted by atomic mass is 19.1. The highest BCUT2D eigenvalue weighted by molar-refractivity contribution is 5.77. The highest BCUT2D eigenvalue weighted by Crippen LogP contribution is 2.17. The second-order valence-corrected chi connectivity index (χ2v) is 5.33. The van der Waals surface area contributed by atoms with Crippen LogP contribution in [0.2, 0.25) is 0 Å². The Kier molecular flexibility index (Phi) is 5.07. The number of benzene rings is 1. The van der Waals surface area contributed by atoms with Crippen molar-refractivity contribution in [3.05, 3.63) is 35.6 Å². The predicted octanol–water partition coefficient (Wildman–Crippen LogP) is 2.52. The molecule has 0 aromatic heterocycles. The summed E-state index contributed by atoms with van der Waals surface area (Å²) >= 11 is 0. The number of nitrogens with one attached hydrogen (secondary N) is 1. The molecule has 0 aliphatic heterocycles. The predicted molar refractivity (Wildman–Crippen MR) is 71.0 cm³/mol. The molecule has 5 nitrogen and oxygen atoms in total. The Hall–Kier alpha value is -2.11. The van der Waals surface area contributed by atoms with E-state index in [0.717, 1.165) is 6.07 Å². The van der Waals surface area contributed by atoms with E-state index in [-0.39, 0.29) is 12.1 Å². The van der Waals surface area contributed by atoms with Gasteiger partial charge in [0.1, 0.15) is 11.4 Å². The largest absolute Gasteiger partial charge is 0.481 e. The Morgan fingerprint density at radius 2 is 2.05 bits per heavy atom. The summed E-state index contributed by atoms with van der Waals surface area (Å²) in [6, 6.07) is 5.28. The molecule has 0 heterocycles. The topological polar surface area (TPSA) is 75.6 Å². The van der Waals surface area contributed by atoms with Gasteiger partial charge < -0.3 is 15.2 Å². The molecular formula is C14H18FNO4. The number of amides is 1. The first-order valence-corrected chi connectivity index (χ1v) is 6.14. The van der Waals surface area contributed by atoms with Gasteiger partial charge in [-0.05, 0) is 38.5 Å². The van der Waals surface area contributed by atoms with Gasteiger partial charge in [-0.2, -0.15) is 0 Å². The lowest BCUT2D eigenvalue weighted by molar-refractivity contribution is -0.138. The van der Waals surface area contributed by atoms with Crippen LogP contribution in [-0.4, -0.2) is 29.3 Å². The molecule has 1 aromatic carbocycles. The zero-order valence-corrected chi connectivity index (χ0v) is 11.6. The number of halogens is 1. The Balaban J connectivity index is 2.70. The van der Waals surface area contributed by atoms with Crippen LogP contribution < -0.4 is 5.32 Å². The van der Waals surface area contributed by atoms with Crippen molar-refractivity contribution in [2.45, 2.75) is 32.3 Å². The van der Waals surface area contributed by atoms with Gasteiger partial charge in [0, 0.05) is 6.54 Å². The van der Waals surface area contributed by atoms with Gasteiger partial charge in [-0.3, -0.25) is 4.79 Å². The highest BCUT2D eigenvalue weighted by Gasteiger charge is 2.23. The minimum absolute atomic E-state index is 0.173. The van der Waals surface area contributed by atoms with Gasteiger partial charge in [-0.15, -0.1) is 0 Å². The monoisotopic (exact) mass is 283 g/mol. The summed E-state index contributed by atoms with van der Waals surface area (Å²) in [6.45, 7) is 4.93. The molecule has 0 unspecified atom stereocenters. The van der Waals surface area contributed by atoms with E-state index in [1.54, 1.807) is 20.8 Å². The van der Waals surface area contributed by atoms with Crippen LogP contribution in [0.4, 0.5) is 9.18 Å². The molecule has 1 rings (SSSR count). The third-order valence-corrected chi connectivity index (χ3v) is 2.40. The van der Waals surface area contributed by atoms with Gasteiger partial charge in [0.05, 0.1) is 5.92 Å². The summed E-state index contributed by atoms with van der Waals surface area (Å²) in [7, 11) is 0. The zero-order chi connectivity index (χ0) is 15.3. The average Bonchev–Trinajstić information content (AvgIpc) is 2.26. The number of carboxylic acids is 1. The van der Waals surface area contributed by atoms with E-state index in [9.17, 15) is 14.0 Å². The number of hydrogen-bond acceptors (Lipinski definition) is 3. The van der Waals surface area contributed by atoms with Crippen molar-refractivity contribution >= 4 is 12.1 Å². The molecule has 0 saturated carbocycles. The standard InChI is InChI=1S/C14H18FNO4/c1-14(2,3)20-13(19)16-8-11(12(17)18)9-5-4-6-10(15)7-9/h4-7,11H,8H2,1-3H3,(H,16,19)(H,17,18)/t11-/m0/s1. The van der Waals surface area contributed by atoms with Crippen molar-refractivity contribution in [2.75, 3.05) is 6.54 Å². The molecule has 2 N–H and O–H groups in total. The summed E-state index contributed by atoms with van der Waals surface area (Å²) in [4.78, 5) is 22.7. The zero-order valence-electron chi connectivity index (χ0n) is 11.6. The number of carboxylic acid groups (broad SMARTS) is 1. The van der Waals surface area contributed by atoms with Crippen LogP contribution in [0.3, 0.4) is 0 Å². The van der Waals surface area contributed by atoms with Crippen molar-refractivity contribution in [3.63, 3.8) is 0 Å². The molecule has 0 bridgehead atoms. The van der Waals surface area contributed by atoms with Crippen molar-refractivity contribution in [3.8, 4) is 0 Å². The summed E-state index contributed by atoms with van der Waals surface area (Å²) < 4.78 is 18.1. The summed E-state index contributed by atoms with van der Waals surface area (Å²) in [5.41, 5.74) is -0.379. The fraction of sp³-hybridized carbons (Fsp3) is 0.429. The van der Waals surface area contributed by atoms with Gasteiger partial charge in [-0.25, -0.2) is 9.18 Å². The second-order valence-electron chi connectivity index (χ2n) is 5.33. The SMILES string of the molecule is CC(C)(C)OC(=O)NC[C@H](C(=O)O)c1cccc(F)c1. The normalized spacial score (nSPS) is 12.6. The Bertz CT molecular complexity index is 496. The Morgan fingerprint density at radius 3 is 2.55 bits per heavy atom. The third-order valence-electron chi connectivity index (χ3n) is 2.40. The number of rotatable bonds is 4. The molecule has 1 aromatic rings. The smallest absolute Gasteiger partial charge is 0.407 e. The molecule has 0 aliphatic rings. The molecule has 1 amide bonds. The lowest BCUT2D eigenvalue weighted by Crippen LogP contribution is -2.36. The third kappa shape index (κ3) is 5.26. The quantitative estimate of drug-likeness (QED) is 0.890. The maximum atomic E-state index is 13.1. The molecule has 0 radical (unpaired) electrons. The van der Waals surface area contributed by atoms with Crippen LogP contribution in [-0.2, 0) is 9.53 Å². The minimum atomic E-state index is -1.15. The van der Waals surface area contributed by atoms with Gasteiger partial charge in [0.25, 0.3) is 0 Å². The first-order chi connectivity index (χ1) is 9.19. The summed E-state index contributed by atoms with van der Waals surface area (Å²) in [6.07, 6.45) is -0.708. The van der Waals surface area contributed by atoms with Crippen molar-refractivity contribution < 1.29 is 23.8 Å². The first kappa shape index (κ1) is 15.9. The average molecular weight is 283 g/mol. The van der Waals surface area contributed by atoms with E-state index < -0.39 is 29.4 Å². The fourth-order valence-corrected chi connectivity index (χ4v) is 1.57. The van der Waals surface area contributed by atoms with Crippen LogP contribution in [0, 0.1) is 5.82 Å². The Labute approximate surface area is 116 Å². The van der Waals surface area contributed by atoms with Gasteiger partial charge in [0.2, 0.25) is 0 Å². The van der Waals surface area contributed by atoms with Crippen LogP contribution in [0.25, 0.3) is 0 Å². The van der Waals surface area contributed by atoms with Gasteiger partial charge >= 0.3 is 12.1 Å². The van der Waals surface area contributed by atoms with Crippen LogP contribution in [0.1, 0.15) is 32.3 Å². The summed E-state index contributed by atoms with van der Waals surface area (Å²) in [5, 5.41) is 11.5. The molecule has 0 fully saturated rings. The van der Waals surface area contributed by atoms with E-state index in [1.165, 1.54) is 18.2 Å². The molecule has 0 saturated heterocycles. The number of ether oxygens (including phenoxy) is 1. The maximum absolute atomic E-state index is 13.1. The van der Waals surface area contributed by atoms with Gasteiger partial charge in [-0.1, -0.05) is 12.1 Å². The molecule has 1 atom stereocenters. The minimum Gasteiger partial charge on any atom is -0.481 e. The van der Waals surface area contributed by atoms with Crippen LogP contribution >= 0.6 is 0 Å². The van der Waals surface area contributed by atoms with Crippen molar-refractivity contribution in [1.82, 2.24) is 5.32 Å². The molecule has 20 heavy (non-hydrogen) atoms. The van der Waals surface area contributed by atoms with E-state index in [4.69, 9.17) is 9.84 Å². The lowest BCUT2D eigenvalue weighted by Gasteiger charge is -2.21. The molecule has 6 heteroatoms. The van der Waals surface area contributed by atoms with Crippen LogP contribution in [0.5, 0.6) is 0 Å².